The van der Waals surface area contributed by atoms with Crippen LogP contribution in [-0.2, 0) is 32.9 Å². The van der Waals surface area contributed by atoms with Crippen LogP contribution < -0.4 is 5.73 Å². The summed E-state index contributed by atoms with van der Waals surface area (Å²) in [4.78, 5) is 16.8. The molecule has 4 N–H and O–H groups in total. The molecule has 0 saturated heterocycles. The molecule has 0 amide bonds. The number of aromatic amines is 1. The zero-order valence-corrected chi connectivity index (χ0v) is 7.88. The van der Waals surface area contributed by atoms with Crippen molar-refractivity contribution in [3.8, 4) is 0 Å². The molecular weight excluding hydrogens is 194 g/mol. The molecule has 1 atom stereocenters. The second kappa shape index (κ2) is 5.08. The van der Waals surface area contributed by atoms with Crippen molar-refractivity contribution in [2.45, 2.75) is 12.5 Å². The number of aromatic nitrogens is 2. The molecule has 0 aliphatic heterocycles. The Balaban J connectivity index is 0.00000121. The third-order valence-electron chi connectivity index (χ3n) is 1.31. The molecule has 6 heteroatoms. The van der Waals surface area contributed by atoms with E-state index in [1.165, 1.54) is 6.33 Å². The first-order chi connectivity index (χ1) is 5.20. The molecule has 0 bridgehead atoms. The molecule has 0 aliphatic rings. The van der Waals surface area contributed by atoms with Crippen LogP contribution in [0.2, 0.25) is 0 Å². The van der Waals surface area contributed by atoms with Gasteiger partial charge in [-0.15, -0.1) is 0 Å². The maximum atomic E-state index is 10.3. The predicted octanol–water partition coefficient (Wildman–Crippen LogP) is -0.638. The number of nitrogens with two attached hydrogens (primary N) is 1. The zero-order chi connectivity index (χ0) is 8.27. The van der Waals surface area contributed by atoms with Crippen LogP contribution in [0.15, 0.2) is 12.5 Å². The molecule has 1 aromatic heterocycles. The minimum atomic E-state index is -1.00. The summed E-state index contributed by atoms with van der Waals surface area (Å²) >= 11 is 0. The molecule has 1 heterocycles. The Kier molecular flexibility index (Phi) is 4.81. The molecule has 64 valence electrons. The molecule has 1 rings (SSSR count). The molecule has 1 aromatic rings. The normalized spacial score (nSPS) is 11.8. The smallest absolute Gasteiger partial charge is 0.320 e. The van der Waals surface area contributed by atoms with Crippen LogP contribution in [-0.4, -0.2) is 27.1 Å². The number of nitrogens with one attached hydrogen (secondary N) is 1. The third kappa shape index (κ3) is 3.17. The summed E-state index contributed by atoms with van der Waals surface area (Å²) in [5, 5.41) is 8.42. The van der Waals surface area contributed by atoms with Crippen molar-refractivity contribution in [2.75, 3.05) is 0 Å². The number of nitrogens with zero attached hydrogens (tertiary/aromatic N) is 1. The van der Waals surface area contributed by atoms with Gasteiger partial charge < -0.3 is 15.8 Å². The predicted molar refractivity (Wildman–Crippen MR) is 37.9 cm³/mol. The third-order valence-corrected chi connectivity index (χ3v) is 1.31. The van der Waals surface area contributed by atoms with E-state index in [1.807, 2.05) is 0 Å². The van der Waals surface area contributed by atoms with Gasteiger partial charge in [-0.25, -0.2) is 4.98 Å². The fourth-order valence-electron chi connectivity index (χ4n) is 0.721. The minimum Gasteiger partial charge on any atom is -0.480 e. The Morgan fingerprint density at radius 2 is 2.50 bits per heavy atom. The number of H-pyrrole nitrogens is 1. The summed E-state index contributed by atoms with van der Waals surface area (Å²) in [6, 6.07) is -0.851. The van der Waals surface area contributed by atoms with E-state index in [0.717, 1.165) is 5.69 Å². The molecule has 0 aromatic carbocycles. The average Bonchev–Trinajstić information content (AvgIpc) is 2.39. The molecule has 0 saturated carbocycles. The fraction of sp³-hybridized carbons (Fsp3) is 0.333. The van der Waals surface area contributed by atoms with Crippen LogP contribution in [0.5, 0.6) is 0 Å². The largest absolute Gasteiger partial charge is 0.480 e. The van der Waals surface area contributed by atoms with Crippen molar-refractivity contribution in [1.29, 1.82) is 0 Å². The van der Waals surface area contributed by atoms with Crippen molar-refractivity contribution in [3.63, 3.8) is 0 Å². The van der Waals surface area contributed by atoms with E-state index < -0.39 is 12.0 Å². The number of rotatable bonds is 3. The molecule has 0 spiro atoms. The van der Waals surface area contributed by atoms with E-state index in [2.05, 4.69) is 9.97 Å². The standard InChI is InChI=1S/C6H9N3O2.Ti/c7-5(6(10)11)1-4-2-8-3-9-4;/h2-3,5H,1,7H2,(H,8,9)(H,10,11);/t5-;/m0./s1. The van der Waals surface area contributed by atoms with Gasteiger partial charge in [0, 0.05) is 40.0 Å². The van der Waals surface area contributed by atoms with E-state index in [4.69, 9.17) is 10.8 Å². The van der Waals surface area contributed by atoms with Gasteiger partial charge >= 0.3 is 5.97 Å². The maximum Gasteiger partial charge on any atom is 0.320 e. The van der Waals surface area contributed by atoms with Crippen LogP contribution in [0.25, 0.3) is 0 Å². The van der Waals surface area contributed by atoms with Gasteiger partial charge in [0.25, 0.3) is 0 Å². The maximum absolute atomic E-state index is 10.3. The summed E-state index contributed by atoms with van der Waals surface area (Å²) in [6.45, 7) is 0. The number of carboxylic acid groups (broad SMARTS) is 1. The van der Waals surface area contributed by atoms with Crippen LogP contribution in [0.4, 0.5) is 0 Å². The van der Waals surface area contributed by atoms with Gasteiger partial charge in [0.1, 0.15) is 6.04 Å². The van der Waals surface area contributed by atoms with E-state index in [0.29, 0.717) is 0 Å². The molecule has 0 unspecified atom stereocenters. The van der Waals surface area contributed by atoms with Gasteiger partial charge in [-0.05, 0) is 0 Å². The average molecular weight is 203 g/mol. The second-order valence-electron chi connectivity index (χ2n) is 2.23. The monoisotopic (exact) mass is 203 g/mol. The van der Waals surface area contributed by atoms with Crippen LogP contribution in [0.1, 0.15) is 5.69 Å². The van der Waals surface area contributed by atoms with Crippen molar-refractivity contribution in [3.05, 3.63) is 18.2 Å². The first-order valence-electron chi connectivity index (χ1n) is 3.16. The molecule has 12 heavy (non-hydrogen) atoms. The number of hydrogen-bond donors (Lipinski definition) is 3. The van der Waals surface area contributed by atoms with Crippen molar-refractivity contribution >= 4 is 5.97 Å². The van der Waals surface area contributed by atoms with Gasteiger partial charge in [-0.3, -0.25) is 4.79 Å². The zero-order valence-electron chi connectivity index (χ0n) is 6.32. The van der Waals surface area contributed by atoms with E-state index in [1.54, 1.807) is 6.20 Å². The van der Waals surface area contributed by atoms with E-state index in [-0.39, 0.29) is 28.1 Å². The topological polar surface area (TPSA) is 92.0 Å². The minimum absolute atomic E-state index is 0. The molecule has 0 fully saturated rings. The molecule has 5 nitrogen and oxygen atoms in total. The second-order valence-corrected chi connectivity index (χ2v) is 2.23. The summed E-state index contributed by atoms with van der Waals surface area (Å²) in [6.07, 6.45) is 3.34. The summed E-state index contributed by atoms with van der Waals surface area (Å²) in [5.41, 5.74) is 6.00. The summed E-state index contributed by atoms with van der Waals surface area (Å²) < 4.78 is 0. The Morgan fingerprint density at radius 3 is 2.92 bits per heavy atom. The van der Waals surface area contributed by atoms with Gasteiger partial charge in [-0.1, -0.05) is 0 Å². The van der Waals surface area contributed by atoms with Gasteiger partial charge in [0.2, 0.25) is 0 Å². The van der Waals surface area contributed by atoms with Crippen molar-refractivity contribution < 1.29 is 31.6 Å². The Morgan fingerprint density at radius 1 is 1.83 bits per heavy atom. The fourth-order valence-corrected chi connectivity index (χ4v) is 0.721. The quantitative estimate of drug-likeness (QED) is 0.569. The van der Waals surface area contributed by atoms with Gasteiger partial charge in [0.15, 0.2) is 0 Å². The van der Waals surface area contributed by atoms with Gasteiger partial charge in [-0.2, -0.15) is 0 Å². The Bertz CT molecular complexity index is 237. The Labute approximate surface area is 84.3 Å². The van der Waals surface area contributed by atoms with Crippen molar-refractivity contribution in [1.82, 2.24) is 9.97 Å². The number of hydrogen-bond acceptors (Lipinski definition) is 3. The molecule has 0 radical (unpaired) electrons. The summed E-state index contributed by atoms with van der Waals surface area (Å²) in [7, 11) is 0. The number of carboxylic acids is 1. The van der Waals surface area contributed by atoms with Crippen LogP contribution in [0.3, 0.4) is 0 Å². The number of aliphatic carboxylic acids is 1. The van der Waals surface area contributed by atoms with Crippen LogP contribution >= 0.6 is 0 Å². The molecular formula is C6H9N3O2Ti. The van der Waals surface area contributed by atoms with Crippen LogP contribution in [0, 0.1) is 0 Å². The number of carbonyl (C=O) groups is 1. The summed E-state index contributed by atoms with van der Waals surface area (Å²) in [5.74, 6) is -1.00. The molecule has 0 aliphatic carbocycles. The van der Waals surface area contributed by atoms with E-state index in [9.17, 15) is 4.79 Å². The SMILES string of the molecule is N[C@@H](Cc1cnc[nH]1)C(=O)O.[Ti]. The first-order valence-corrected chi connectivity index (χ1v) is 3.16. The number of imidazole rings is 1. The first kappa shape index (κ1) is 11.4. The van der Waals surface area contributed by atoms with E-state index >= 15 is 0 Å². The van der Waals surface area contributed by atoms with Gasteiger partial charge in [0.05, 0.1) is 6.33 Å². The van der Waals surface area contributed by atoms with Crippen molar-refractivity contribution in [2.24, 2.45) is 5.73 Å². The Hall–Kier alpha value is -0.646.